The summed E-state index contributed by atoms with van der Waals surface area (Å²) in [6.45, 7) is 5.22. The predicted molar refractivity (Wildman–Crippen MR) is 92.4 cm³/mol. The third-order valence-electron chi connectivity index (χ3n) is 4.02. The van der Waals surface area contributed by atoms with Crippen LogP contribution < -0.4 is 0 Å². The lowest BCUT2D eigenvalue weighted by atomic mass is 9.96. The molecule has 0 aliphatic carbocycles. The van der Waals surface area contributed by atoms with Crippen LogP contribution in [-0.4, -0.2) is 6.54 Å². The molecule has 1 rings (SSSR count). The van der Waals surface area contributed by atoms with Crippen LogP contribution in [0.4, 0.5) is 0 Å². The average molecular weight is 323 g/mol. The zero-order chi connectivity index (χ0) is 16.0. The maximum absolute atomic E-state index is 4.99. The van der Waals surface area contributed by atoms with Gasteiger partial charge in [0.15, 0.2) is 0 Å². The first kappa shape index (κ1) is 18.8. The normalized spacial score (nSPS) is 13.2. The van der Waals surface area contributed by atoms with Gasteiger partial charge in [-0.1, -0.05) is 62.0 Å². The van der Waals surface area contributed by atoms with Crippen molar-refractivity contribution in [2.45, 2.75) is 64.7 Å². The summed E-state index contributed by atoms with van der Waals surface area (Å²) in [7, 11) is 0. The zero-order valence-electron chi connectivity index (χ0n) is 13.7. The summed E-state index contributed by atoms with van der Waals surface area (Å²) < 4.78 is 2.98. The Hall–Kier alpha value is -1.29. The van der Waals surface area contributed by atoms with Crippen molar-refractivity contribution in [3.8, 4) is 0 Å². The number of aryl methyl sites for hydroxylation is 1. The van der Waals surface area contributed by atoms with E-state index in [0.717, 1.165) is 6.42 Å². The van der Waals surface area contributed by atoms with Crippen LogP contribution in [0.3, 0.4) is 0 Å². The minimum atomic E-state index is 0.664. The monoisotopic (exact) mass is 322 g/mol. The predicted octanol–water partition coefficient (Wildman–Crippen LogP) is 6.67. The van der Waals surface area contributed by atoms with Crippen LogP contribution in [0.1, 0.15) is 69.4 Å². The van der Waals surface area contributed by atoms with Gasteiger partial charge in [-0.3, -0.25) is 0 Å². The van der Waals surface area contributed by atoms with Gasteiger partial charge < -0.3 is 0 Å². The first-order chi connectivity index (χ1) is 10.8. The summed E-state index contributed by atoms with van der Waals surface area (Å²) in [4.78, 5) is 0. The lowest BCUT2D eigenvalue weighted by Gasteiger charge is -2.09. The van der Waals surface area contributed by atoms with Gasteiger partial charge in [0.2, 0.25) is 0 Å². The Labute approximate surface area is 139 Å². The second-order valence-corrected chi connectivity index (χ2v) is 5.84. The fourth-order valence-corrected chi connectivity index (χ4v) is 2.41. The van der Waals surface area contributed by atoms with Gasteiger partial charge in [0, 0.05) is 0 Å². The molecule has 5 heteroatoms. The molecule has 0 bridgehead atoms. The van der Waals surface area contributed by atoms with Crippen molar-refractivity contribution in [2.75, 3.05) is 6.54 Å². The van der Waals surface area contributed by atoms with Crippen molar-refractivity contribution in [3.05, 3.63) is 35.4 Å². The first-order valence-corrected chi connectivity index (χ1v) is 8.58. The van der Waals surface area contributed by atoms with E-state index in [1.807, 2.05) is 0 Å². The van der Waals surface area contributed by atoms with Gasteiger partial charge in [0.05, 0.1) is 18.3 Å². The average Bonchev–Trinajstić information content (AvgIpc) is 2.56. The van der Waals surface area contributed by atoms with Gasteiger partial charge in [-0.15, -0.1) is 0 Å². The number of rotatable bonds is 11. The number of halogens is 1. The topological polar surface area (TPSA) is 49.4 Å². The lowest BCUT2D eigenvalue weighted by molar-refractivity contribution is 0.611. The van der Waals surface area contributed by atoms with Gasteiger partial charge in [0.1, 0.15) is 0 Å². The highest BCUT2D eigenvalue weighted by atomic mass is 35.5. The number of unbranched alkanes of at least 4 members (excludes halogenated alkanes) is 4. The summed E-state index contributed by atoms with van der Waals surface area (Å²) >= 11 is 4.99. The van der Waals surface area contributed by atoms with Gasteiger partial charge in [-0.05, 0) is 53.2 Å². The summed E-state index contributed by atoms with van der Waals surface area (Å²) in [5.41, 5.74) is 2.90. The minimum absolute atomic E-state index is 0.664. The van der Waals surface area contributed by atoms with Crippen molar-refractivity contribution < 1.29 is 0 Å². The largest absolute Gasteiger partial charge is 0.167 e. The van der Waals surface area contributed by atoms with Crippen molar-refractivity contribution >= 4 is 11.8 Å². The molecule has 0 fully saturated rings. The Balaban J connectivity index is 2.07. The van der Waals surface area contributed by atoms with Crippen LogP contribution in [-0.2, 0) is 6.42 Å². The molecular formula is C17H27ClN4. The van der Waals surface area contributed by atoms with Crippen molar-refractivity contribution in [1.29, 1.82) is 0 Å². The van der Waals surface area contributed by atoms with Gasteiger partial charge in [-0.2, -0.15) is 5.11 Å². The Bertz CT molecular complexity index is 442. The van der Waals surface area contributed by atoms with Crippen LogP contribution >= 0.6 is 11.8 Å². The van der Waals surface area contributed by atoms with E-state index in [1.165, 1.54) is 49.7 Å². The fourth-order valence-electron chi connectivity index (χ4n) is 2.38. The lowest BCUT2D eigenvalue weighted by Crippen LogP contribution is -1.92. The van der Waals surface area contributed by atoms with Gasteiger partial charge in [0.25, 0.3) is 0 Å². The summed E-state index contributed by atoms with van der Waals surface area (Å²) in [6, 6.07) is 9.14. The number of hydrogen-bond acceptors (Lipinski definition) is 2. The van der Waals surface area contributed by atoms with Crippen LogP contribution in [0.5, 0.6) is 0 Å². The maximum Gasteiger partial charge on any atom is 0.0622 e. The molecule has 1 unspecified atom stereocenters. The molecule has 0 aliphatic heterocycles. The molecule has 122 valence electrons. The quantitative estimate of drug-likeness (QED) is 0.248. The van der Waals surface area contributed by atoms with Crippen molar-refractivity contribution in [1.82, 2.24) is 0 Å². The second-order valence-electron chi connectivity index (χ2n) is 5.69. The Morgan fingerprint density at radius 2 is 1.64 bits per heavy atom. The molecule has 1 atom stereocenters. The first-order valence-electron chi connectivity index (χ1n) is 8.24. The highest BCUT2D eigenvalue weighted by Gasteiger charge is 2.02. The zero-order valence-corrected chi connectivity index (χ0v) is 14.5. The SMILES string of the molecule is CCC(C)c1ccc(CCCCCCCN=NN=NCl)cc1. The van der Waals surface area contributed by atoms with E-state index < -0.39 is 0 Å². The van der Waals surface area contributed by atoms with Gasteiger partial charge >= 0.3 is 0 Å². The van der Waals surface area contributed by atoms with Crippen molar-refractivity contribution in [3.63, 3.8) is 0 Å². The molecule has 0 amide bonds. The highest BCUT2D eigenvalue weighted by Crippen LogP contribution is 2.19. The van der Waals surface area contributed by atoms with E-state index in [4.69, 9.17) is 11.8 Å². The third kappa shape index (κ3) is 8.23. The standard InChI is InChI=1S/C17H27ClN4/c1-3-15(2)17-12-10-16(11-13-17)9-7-5-4-6-8-14-19-21-22-20-18/h10-13,15H,3-9,14H2,1-2H3. The van der Waals surface area contributed by atoms with Crippen LogP contribution in [0, 0.1) is 0 Å². The highest BCUT2D eigenvalue weighted by molar-refractivity contribution is 6.13. The molecule has 4 nitrogen and oxygen atoms in total. The third-order valence-corrected chi connectivity index (χ3v) is 4.09. The molecule has 1 aromatic rings. The fraction of sp³-hybridized carbons (Fsp3) is 0.647. The number of benzene rings is 1. The van der Waals surface area contributed by atoms with Gasteiger partial charge in [-0.25, -0.2) is 0 Å². The summed E-state index contributed by atoms with van der Waals surface area (Å²) in [5.74, 6) is 0.664. The van der Waals surface area contributed by atoms with Crippen LogP contribution in [0.15, 0.2) is 44.5 Å². The molecule has 0 saturated heterocycles. The summed E-state index contributed by atoms with van der Waals surface area (Å²) in [5, 5.41) is 10.5. The van der Waals surface area contributed by atoms with E-state index in [2.05, 4.69) is 58.3 Å². The molecule has 0 aromatic heterocycles. The molecule has 1 aromatic carbocycles. The molecule has 0 radical (unpaired) electrons. The molecule has 0 N–H and O–H groups in total. The minimum Gasteiger partial charge on any atom is -0.167 e. The molecule has 0 heterocycles. The number of hydrogen-bond donors (Lipinski definition) is 0. The van der Waals surface area contributed by atoms with E-state index in [-0.39, 0.29) is 0 Å². The number of nitrogens with zero attached hydrogens (tertiary/aromatic N) is 4. The van der Waals surface area contributed by atoms with Crippen molar-refractivity contribution in [2.24, 2.45) is 20.2 Å². The molecule has 22 heavy (non-hydrogen) atoms. The van der Waals surface area contributed by atoms with E-state index in [1.54, 1.807) is 0 Å². The summed E-state index contributed by atoms with van der Waals surface area (Å²) in [6.07, 6.45) is 8.38. The Morgan fingerprint density at radius 3 is 2.32 bits per heavy atom. The van der Waals surface area contributed by atoms with Crippen LogP contribution in [0.2, 0.25) is 0 Å². The maximum atomic E-state index is 4.99. The Morgan fingerprint density at radius 1 is 0.955 bits per heavy atom. The molecule has 0 spiro atoms. The molecular weight excluding hydrogens is 296 g/mol. The molecule has 0 saturated carbocycles. The Kier molecular flexibility index (Phi) is 10.5. The molecule has 0 aliphatic rings. The van der Waals surface area contributed by atoms with E-state index >= 15 is 0 Å². The second kappa shape index (κ2) is 12.3. The smallest absolute Gasteiger partial charge is 0.0622 e. The van der Waals surface area contributed by atoms with Crippen LogP contribution in [0.25, 0.3) is 0 Å². The van der Waals surface area contributed by atoms with E-state index in [9.17, 15) is 0 Å². The van der Waals surface area contributed by atoms with E-state index in [0.29, 0.717) is 12.5 Å².